The summed E-state index contributed by atoms with van der Waals surface area (Å²) in [5.41, 5.74) is 9.64. The van der Waals surface area contributed by atoms with Crippen LogP contribution in [0.25, 0.3) is 45.3 Å². The summed E-state index contributed by atoms with van der Waals surface area (Å²) in [5.74, 6) is 16.7. The van der Waals surface area contributed by atoms with Gasteiger partial charge in [-0.05, 0) is 193 Å². The van der Waals surface area contributed by atoms with Crippen molar-refractivity contribution in [2.45, 2.75) is 87.9 Å². The van der Waals surface area contributed by atoms with Gasteiger partial charge in [0.25, 0.3) is 0 Å². The van der Waals surface area contributed by atoms with E-state index in [4.69, 9.17) is 15.0 Å². The molecule has 4 aromatic carbocycles. The lowest BCUT2D eigenvalue weighted by atomic mass is 9.32. The average Bonchev–Trinajstić information content (AvgIpc) is 3.29. The van der Waals surface area contributed by atoms with Crippen molar-refractivity contribution in [2.75, 3.05) is 0 Å². The Morgan fingerprint density at radius 2 is 0.569 bits per heavy atom. The van der Waals surface area contributed by atoms with Gasteiger partial charge >= 0.3 is 0 Å². The Morgan fingerprint density at radius 1 is 0.293 bits per heavy atom. The van der Waals surface area contributed by atoms with E-state index in [1.807, 2.05) is 0 Å². The maximum atomic E-state index is 5.29. The molecule has 0 spiro atoms. The molecule has 14 aliphatic rings. The van der Waals surface area contributed by atoms with E-state index in [2.05, 4.69) is 103 Å². The molecular weight excluding hydrogens is 703 g/mol. The lowest BCUT2D eigenvalue weighted by Gasteiger charge is -2.72. The second-order valence-electron chi connectivity index (χ2n) is 22.3. The molecular formula is C55H55N3. The fourth-order valence-corrected chi connectivity index (χ4v) is 18.7. The fraction of sp³-hybridized carbons (Fsp3) is 0.509. The Morgan fingerprint density at radius 3 is 0.897 bits per heavy atom. The first-order chi connectivity index (χ1) is 28.5. The van der Waals surface area contributed by atoms with Crippen LogP contribution in [0.1, 0.15) is 88.2 Å². The van der Waals surface area contributed by atoms with Crippen molar-refractivity contribution in [3.05, 3.63) is 114 Å². The van der Waals surface area contributed by atoms with Crippen molar-refractivity contribution in [1.29, 1.82) is 0 Å². The molecule has 0 radical (unpaired) electrons. The van der Waals surface area contributed by atoms with Crippen molar-refractivity contribution < 1.29 is 0 Å². The van der Waals surface area contributed by atoms with Gasteiger partial charge in [-0.25, -0.2) is 15.0 Å². The van der Waals surface area contributed by atoms with E-state index in [-0.39, 0.29) is 0 Å². The first-order valence-corrected chi connectivity index (χ1v) is 23.7. The maximum Gasteiger partial charge on any atom is 0.164 e. The van der Waals surface area contributed by atoms with E-state index in [1.54, 1.807) is 49.7 Å². The molecule has 14 saturated carbocycles. The number of benzene rings is 4. The Bertz CT molecular complexity index is 2220. The van der Waals surface area contributed by atoms with Crippen LogP contribution in [0.2, 0.25) is 0 Å². The van der Waals surface area contributed by atoms with Gasteiger partial charge in [0.2, 0.25) is 0 Å². The van der Waals surface area contributed by atoms with Gasteiger partial charge in [-0.15, -0.1) is 0 Å². The Balaban J connectivity index is 0.777. The predicted octanol–water partition coefficient (Wildman–Crippen LogP) is 12.5. The molecule has 3 heteroatoms. The zero-order valence-electron chi connectivity index (χ0n) is 33.7. The summed E-state index contributed by atoms with van der Waals surface area (Å²) in [6.45, 7) is 0. The van der Waals surface area contributed by atoms with Gasteiger partial charge in [-0.3, -0.25) is 0 Å². The molecule has 58 heavy (non-hydrogen) atoms. The molecule has 1 aromatic heterocycles. The van der Waals surface area contributed by atoms with E-state index < -0.39 is 0 Å². The third kappa shape index (κ3) is 4.34. The van der Waals surface area contributed by atoms with Gasteiger partial charge in [-0.2, -0.15) is 0 Å². The Hall–Kier alpha value is -4.11. The SMILES string of the molecule is c1ccc(-c2ccc(-c3nc(-c4ccc(C56CC7C8CC9CC7C(C5)C(C9)C8C6)cc4)nc(-c4ccc(C56CC7C8CC9CC7C(C5)C(C9)C8C6)cc4)n3)cc2)cc1. The van der Waals surface area contributed by atoms with Gasteiger partial charge in [0.15, 0.2) is 17.5 Å². The lowest BCUT2D eigenvalue weighted by Crippen LogP contribution is -2.66. The van der Waals surface area contributed by atoms with Gasteiger partial charge in [0.05, 0.1) is 0 Å². The van der Waals surface area contributed by atoms with Crippen LogP contribution in [-0.2, 0) is 10.8 Å². The minimum absolute atomic E-state index is 0.389. The lowest BCUT2D eigenvalue weighted by molar-refractivity contribution is -0.212. The highest BCUT2D eigenvalue weighted by molar-refractivity contribution is 5.70. The molecule has 5 aromatic rings. The summed E-state index contributed by atoms with van der Waals surface area (Å²) in [5, 5.41) is 0. The number of rotatable bonds is 6. The minimum atomic E-state index is 0.389. The predicted molar refractivity (Wildman–Crippen MR) is 229 cm³/mol. The van der Waals surface area contributed by atoms with Crippen LogP contribution in [-0.4, -0.2) is 15.0 Å². The number of hydrogen-bond acceptors (Lipinski definition) is 3. The fourth-order valence-electron chi connectivity index (χ4n) is 18.7. The van der Waals surface area contributed by atoms with Crippen LogP contribution in [0.3, 0.4) is 0 Å². The highest BCUT2D eigenvalue weighted by atomic mass is 15.0. The smallest absolute Gasteiger partial charge is 0.164 e. The van der Waals surface area contributed by atoms with E-state index >= 15 is 0 Å². The zero-order chi connectivity index (χ0) is 37.5. The molecule has 0 atom stereocenters. The van der Waals surface area contributed by atoms with Crippen LogP contribution in [0.5, 0.6) is 0 Å². The Kier molecular flexibility index (Phi) is 6.41. The second-order valence-corrected chi connectivity index (χ2v) is 22.3. The summed E-state index contributed by atoms with van der Waals surface area (Å²) < 4.78 is 0. The molecule has 16 bridgehead atoms. The van der Waals surface area contributed by atoms with Crippen LogP contribution in [0, 0.1) is 82.9 Å². The highest BCUT2D eigenvalue weighted by Gasteiger charge is 2.69. The standard InChI is InChI=1S/C55H55N3/c1-2-4-32(5-3-1)33-6-8-34(9-7-33)51-56-52(35-10-14-37(15-11-35)54-24-45-39-18-30-19-40(45)47(26-54)41(20-30)46(39)25-54)58-53(57-51)36-12-16-38(17-13-36)55-27-48-42-21-31-22-43(48)50(29-55)44(23-31)49(42)28-55/h1-17,30-31,39-50H,18-29H2. The van der Waals surface area contributed by atoms with Crippen molar-refractivity contribution >= 4 is 0 Å². The minimum Gasteiger partial charge on any atom is -0.208 e. The average molecular weight is 758 g/mol. The molecule has 290 valence electrons. The first kappa shape index (κ1) is 32.7. The van der Waals surface area contributed by atoms with Gasteiger partial charge in [0, 0.05) is 16.7 Å². The van der Waals surface area contributed by atoms with E-state index in [9.17, 15) is 0 Å². The maximum absolute atomic E-state index is 5.29. The zero-order valence-corrected chi connectivity index (χ0v) is 33.7. The van der Waals surface area contributed by atoms with Gasteiger partial charge in [-0.1, -0.05) is 103 Å². The molecule has 1 heterocycles. The molecule has 0 unspecified atom stereocenters. The Labute approximate surface area is 343 Å². The third-order valence-electron chi connectivity index (χ3n) is 20.4. The molecule has 14 aliphatic carbocycles. The van der Waals surface area contributed by atoms with Gasteiger partial charge < -0.3 is 0 Å². The molecule has 3 nitrogen and oxygen atoms in total. The highest BCUT2D eigenvalue weighted by Crippen LogP contribution is 2.76. The molecule has 0 saturated heterocycles. The molecule has 14 fully saturated rings. The van der Waals surface area contributed by atoms with Crippen molar-refractivity contribution in [3.8, 4) is 45.3 Å². The first-order valence-electron chi connectivity index (χ1n) is 23.7. The van der Waals surface area contributed by atoms with Crippen molar-refractivity contribution in [2.24, 2.45) is 82.9 Å². The summed E-state index contributed by atoms with van der Waals surface area (Å²) in [6, 6.07) is 38.8. The van der Waals surface area contributed by atoms with Crippen LogP contribution in [0.15, 0.2) is 103 Å². The number of nitrogens with zero attached hydrogens (tertiary/aromatic N) is 3. The van der Waals surface area contributed by atoms with Gasteiger partial charge in [0.1, 0.15) is 0 Å². The summed E-state index contributed by atoms with van der Waals surface area (Å²) in [6.07, 6.45) is 17.9. The normalized spacial score (nSPS) is 43.5. The van der Waals surface area contributed by atoms with Crippen LogP contribution < -0.4 is 0 Å². The quantitative estimate of drug-likeness (QED) is 0.173. The topological polar surface area (TPSA) is 38.7 Å². The summed E-state index contributed by atoms with van der Waals surface area (Å²) in [4.78, 5) is 15.8. The van der Waals surface area contributed by atoms with Crippen molar-refractivity contribution in [1.82, 2.24) is 15.0 Å². The molecule has 0 aliphatic heterocycles. The number of aromatic nitrogens is 3. The second kappa shape index (κ2) is 11.4. The number of hydrogen-bond donors (Lipinski definition) is 0. The van der Waals surface area contributed by atoms with Crippen LogP contribution >= 0.6 is 0 Å². The largest absolute Gasteiger partial charge is 0.208 e. The molecule has 0 N–H and O–H groups in total. The summed E-state index contributed by atoms with van der Waals surface area (Å²) >= 11 is 0. The van der Waals surface area contributed by atoms with E-state index in [1.165, 1.54) is 49.7 Å². The molecule has 0 amide bonds. The van der Waals surface area contributed by atoms with Crippen molar-refractivity contribution in [3.63, 3.8) is 0 Å². The third-order valence-corrected chi connectivity index (χ3v) is 20.4. The molecule has 19 rings (SSSR count). The monoisotopic (exact) mass is 757 g/mol. The van der Waals surface area contributed by atoms with Crippen LogP contribution in [0.4, 0.5) is 0 Å². The van der Waals surface area contributed by atoms with E-state index in [0.717, 1.165) is 117 Å². The van der Waals surface area contributed by atoms with E-state index in [0.29, 0.717) is 10.8 Å². The summed E-state index contributed by atoms with van der Waals surface area (Å²) in [7, 11) is 0.